The summed E-state index contributed by atoms with van der Waals surface area (Å²) in [6, 6.07) is 13.0. The Morgan fingerprint density at radius 2 is 2.06 bits per heavy atom. The number of methoxy groups -OCH3 is 1. The topological polar surface area (TPSA) is 69.7 Å². The van der Waals surface area contributed by atoms with Crippen LogP contribution in [0.5, 0.6) is 5.75 Å². The van der Waals surface area contributed by atoms with Gasteiger partial charge in [0.2, 0.25) is 0 Å². The van der Waals surface area contributed by atoms with Crippen LogP contribution < -0.4 is 15.4 Å². The third kappa shape index (κ3) is 5.73. The van der Waals surface area contributed by atoms with E-state index in [4.69, 9.17) is 4.74 Å². The molecule has 6 nitrogen and oxygen atoms in total. The molecule has 1 atom stereocenters. The number of hydrogen-bond donors (Lipinski definition) is 3. The molecule has 0 spiro atoms. The fourth-order valence-corrected chi connectivity index (χ4v) is 4.47. The van der Waals surface area contributed by atoms with Gasteiger partial charge in [-0.25, -0.2) is 4.39 Å². The van der Waals surface area contributed by atoms with Gasteiger partial charge in [0.05, 0.1) is 18.7 Å². The molecule has 180 valence electrons. The molecule has 3 N–H and O–H groups in total. The monoisotopic (exact) mass is 464 g/mol. The molecule has 34 heavy (non-hydrogen) atoms. The summed E-state index contributed by atoms with van der Waals surface area (Å²) in [5.74, 6) is 0.531. The maximum atomic E-state index is 13.7. The second kappa shape index (κ2) is 11.0. The molecule has 0 amide bonds. The smallest absolute Gasteiger partial charge is 0.128 e. The number of ether oxygens (including phenoxy) is 1. The van der Waals surface area contributed by atoms with Gasteiger partial charge in [-0.05, 0) is 74.8 Å². The number of hydrogen-bond acceptors (Lipinski definition) is 6. The van der Waals surface area contributed by atoms with Crippen LogP contribution in [-0.4, -0.2) is 54.3 Å². The van der Waals surface area contributed by atoms with E-state index in [9.17, 15) is 9.50 Å². The number of aliphatic hydroxyl groups excluding tert-OH is 1. The highest BCUT2D eigenvalue weighted by molar-refractivity contribution is 5.83. The number of pyridine rings is 1. The van der Waals surface area contributed by atoms with Gasteiger partial charge in [0.15, 0.2) is 0 Å². The van der Waals surface area contributed by atoms with Crippen LogP contribution in [0.25, 0.3) is 10.9 Å². The van der Waals surface area contributed by atoms with Crippen molar-refractivity contribution >= 4 is 16.6 Å². The zero-order valence-corrected chi connectivity index (χ0v) is 19.9. The largest absolute Gasteiger partial charge is 0.497 e. The first-order chi connectivity index (χ1) is 16.4. The van der Waals surface area contributed by atoms with E-state index in [1.807, 2.05) is 30.3 Å². The molecular weight excluding hydrogens is 431 g/mol. The molecule has 0 aliphatic carbocycles. The molecule has 1 fully saturated rings. The van der Waals surface area contributed by atoms with E-state index in [0.717, 1.165) is 59.5 Å². The summed E-state index contributed by atoms with van der Waals surface area (Å²) in [5, 5.41) is 18.7. The van der Waals surface area contributed by atoms with Crippen LogP contribution in [0, 0.1) is 12.7 Å². The van der Waals surface area contributed by atoms with Gasteiger partial charge in [0.1, 0.15) is 11.6 Å². The third-order valence-electron chi connectivity index (χ3n) is 6.54. The van der Waals surface area contributed by atoms with E-state index in [0.29, 0.717) is 24.7 Å². The van der Waals surface area contributed by atoms with E-state index < -0.39 is 6.10 Å². The Kier molecular flexibility index (Phi) is 7.77. The van der Waals surface area contributed by atoms with Gasteiger partial charge in [0, 0.05) is 47.7 Å². The number of piperidine rings is 1. The number of fused-ring (bicyclic) bond motifs is 1. The molecule has 1 saturated heterocycles. The first-order valence-corrected chi connectivity index (χ1v) is 11.7. The normalized spacial score (nSPS) is 15.9. The van der Waals surface area contributed by atoms with Gasteiger partial charge in [-0.3, -0.25) is 4.98 Å². The molecule has 2 heterocycles. The summed E-state index contributed by atoms with van der Waals surface area (Å²) in [4.78, 5) is 6.71. The summed E-state index contributed by atoms with van der Waals surface area (Å²) in [7, 11) is 1.64. The standard InChI is InChI=1S/C27H33FN4O2/c1-18(31-25-6-4-5-24(28)19(25)2)16-30-20-10-13-32(14-11-20)17-27(33)22-9-12-29-26-8-7-21(34-3)15-23(22)26/h4-9,12,15,20,27,30-31,33H,1,10-11,13-14,16-17H2,2-3H3. The van der Waals surface area contributed by atoms with Crippen molar-refractivity contribution in [3.05, 3.63) is 77.9 Å². The average molecular weight is 465 g/mol. The fraction of sp³-hybridized carbons (Fsp3) is 0.370. The molecule has 1 aliphatic rings. The van der Waals surface area contributed by atoms with Crippen LogP contribution >= 0.6 is 0 Å². The SMILES string of the molecule is C=C(CNC1CCN(CC(O)c2ccnc3ccc(OC)cc23)CC1)Nc1cccc(F)c1C. The second-order valence-corrected chi connectivity index (χ2v) is 8.90. The lowest BCUT2D eigenvalue weighted by Crippen LogP contribution is -2.44. The van der Waals surface area contributed by atoms with Crippen LogP contribution in [0.1, 0.15) is 30.1 Å². The van der Waals surface area contributed by atoms with Crippen LogP contribution in [0.3, 0.4) is 0 Å². The number of nitrogens with one attached hydrogen (secondary N) is 2. The second-order valence-electron chi connectivity index (χ2n) is 8.90. The fourth-order valence-electron chi connectivity index (χ4n) is 4.47. The first-order valence-electron chi connectivity index (χ1n) is 11.7. The highest BCUT2D eigenvalue weighted by Crippen LogP contribution is 2.28. The Bertz CT molecular complexity index is 1140. The van der Waals surface area contributed by atoms with Gasteiger partial charge in [-0.15, -0.1) is 0 Å². The molecule has 2 aromatic carbocycles. The van der Waals surface area contributed by atoms with Crippen molar-refractivity contribution in [1.29, 1.82) is 0 Å². The van der Waals surface area contributed by atoms with Gasteiger partial charge in [-0.2, -0.15) is 0 Å². The zero-order chi connectivity index (χ0) is 24.1. The first kappa shape index (κ1) is 24.1. The summed E-state index contributed by atoms with van der Waals surface area (Å²) >= 11 is 0. The lowest BCUT2D eigenvalue weighted by atomic mass is 10.0. The molecule has 0 saturated carbocycles. The van der Waals surface area contributed by atoms with Crippen molar-refractivity contribution in [3.8, 4) is 5.75 Å². The van der Waals surface area contributed by atoms with Crippen molar-refractivity contribution in [2.24, 2.45) is 0 Å². The van der Waals surface area contributed by atoms with Gasteiger partial charge in [-0.1, -0.05) is 12.6 Å². The number of anilines is 1. The lowest BCUT2D eigenvalue weighted by Gasteiger charge is -2.34. The van der Waals surface area contributed by atoms with E-state index in [-0.39, 0.29) is 5.82 Å². The van der Waals surface area contributed by atoms with E-state index in [2.05, 4.69) is 27.1 Å². The predicted molar refractivity (Wildman–Crippen MR) is 135 cm³/mol. The maximum absolute atomic E-state index is 13.7. The molecular formula is C27H33FN4O2. The number of likely N-dealkylation sites (tertiary alicyclic amines) is 1. The van der Waals surface area contributed by atoms with Crippen molar-refractivity contribution in [2.45, 2.75) is 31.9 Å². The minimum atomic E-state index is -0.597. The van der Waals surface area contributed by atoms with E-state index >= 15 is 0 Å². The number of β-amino-alcohol motifs (C(OH)–C–C–N with tert-alkyl or cyclic N) is 1. The Morgan fingerprint density at radius 3 is 2.82 bits per heavy atom. The van der Waals surface area contributed by atoms with Crippen molar-refractivity contribution in [2.75, 3.05) is 38.6 Å². The summed E-state index contributed by atoms with van der Waals surface area (Å²) in [5.41, 5.74) is 3.88. The van der Waals surface area contributed by atoms with Crippen LogP contribution in [0.4, 0.5) is 10.1 Å². The van der Waals surface area contributed by atoms with Crippen molar-refractivity contribution in [1.82, 2.24) is 15.2 Å². The molecule has 1 aliphatic heterocycles. The number of halogens is 1. The van der Waals surface area contributed by atoms with Crippen molar-refractivity contribution in [3.63, 3.8) is 0 Å². The van der Waals surface area contributed by atoms with Crippen LogP contribution in [0.15, 0.2) is 60.9 Å². The van der Waals surface area contributed by atoms with E-state index in [1.165, 1.54) is 6.07 Å². The Morgan fingerprint density at radius 1 is 1.26 bits per heavy atom. The molecule has 3 aromatic rings. The Labute approximate surface area is 200 Å². The molecule has 0 radical (unpaired) electrons. The maximum Gasteiger partial charge on any atom is 0.128 e. The third-order valence-corrected chi connectivity index (χ3v) is 6.54. The van der Waals surface area contributed by atoms with Gasteiger partial charge >= 0.3 is 0 Å². The minimum Gasteiger partial charge on any atom is -0.497 e. The Balaban J connectivity index is 1.26. The molecule has 1 aromatic heterocycles. The minimum absolute atomic E-state index is 0.223. The highest BCUT2D eigenvalue weighted by atomic mass is 19.1. The molecule has 1 unspecified atom stereocenters. The molecule has 7 heteroatoms. The van der Waals surface area contributed by atoms with Gasteiger partial charge < -0.3 is 25.4 Å². The zero-order valence-electron chi connectivity index (χ0n) is 19.9. The quantitative estimate of drug-likeness (QED) is 0.436. The van der Waals surface area contributed by atoms with Crippen LogP contribution in [-0.2, 0) is 0 Å². The number of aromatic nitrogens is 1. The highest BCUT2D eigenvalue weighted by Gasteiger charge is 2.22. The average Bonchev–Trinajstić information content (AvgIpc) is 2.85. The number of nitrogens with zero attached hydrogens (tertiary/aromatic N) is 2. The predicted octanol–water partition coefficient (Wildman–Crippen LogP) is 4.40. The van der Waals surface area contributed by atoms with Crippen molar-refractivity contribution < 1.29 is 14.2 Å². The summed E-state index contributed by atoms with van der Waals surface area (Å²) in [6.07, 6.45) is 3.13. The lowest BCUT2D eigenvalue weighted by molar-refractivity contribution is 0.0954. The molecule has 0 bridgehead atoms. The van der Waals surface area contributed by atoms with E-state index in [1.54, 1.807) is 26.3 Å². The number of aliphatic hydroxyl groups is 1. The Hall–Kier alpha value is -3.00. The number of rotatable bonds is 9. The number of benzene rings is 2. The van der Waals surface area contributed by atoms with Gasteiger partial charge in [0.25, 0.3) is 0 Å². The summed E-state index contributed by atoms with van der Waals surface area (Å²) in [6.45, 7) is 8.85. The summed E-state index contributed by atoms with van der Waals surface area (Å²) < 4.78 is 19.1. The molecule has 4 rings (SSSR count). The van der Waals surface area contributed by atoms with Crippen LogP contribution in [0.2, 0.25) is 0 Å².